The Hall–Kier alpha value is -2.24. The zero-order valence-electron chi connectivity index (χ0n) is 15.1. The van der Waals surface area contributed by atoms with Crippen molar-refractivity contribution in [3.63, 3.8) is 0 Å². The van der Waals surface area contributed by atoms with E-state index in [1.807, 2.05) is 30.3 Å². The van der Waals surface area contributed by atoms with Crippen LogP contribution in [0.5, 0.6) is 11.5 Å². The summed E-state index contributed by atoms with van der Waals surface area (Å²) in [6.45, 7) is 1.78. The minimum atomic E-state index is -0.784. The predicted octanol–water partition coefficient (Wildman–Crippen LogP) is 4.07. The molecule has 27 heavy (non-hydrogen) atoms. The maximum absolute atomic E-state index is 11.0. The normalized spacial score (nSPS) is 14.4. The van der Waals surface area contributed by atoms with Gasteiger partial charge >= 0.3 is 5.97 Å². The average molecular weight is 390 g/mol. The molecule has 0 aromatic heterocycles. The SMILES string of the molecule is O=C(O)CCC(Cc1ccccc1)NCc1cc(Cl)c2c(c1)OCCCO2. The monoisotopic (exact) mass is 389 g/mol. The third-order valence-corrected chi connectivity index (χ3v) is 4.77. The van der Waals surface area contributed by atoms with Gasteiger partial charge in [0.1, 0.15) is 0 Å². The molecule has 0 fully saturated rings. The van der Waals surface area contributed by atoms with Gasteiger partial charge in [-0.15, -0.1) is 0 Å². The number of nitrogens with one attached hydrogen (secondary N) is 1. The summed E-state index contributed by atoms with van der Waals surface area (Å²) in [5.41, 5.74) is 2.16. The van der Waals surface area contributed by atoms with Gasteiger partial charge in [-0.1, -0.05) is 41.9 Å². The van der Waals surface area contributed by atoms with Crippen molar-refractivity contribution in [1.82, 2.24) is 5.32 Å². The summed E-state index contributed by atoms with van der Waals surface area (Å²) in [7, 11) is 0. The second-order valence-electron chi connectivity index (χ2n) is 6.66. The molecule has 5 nitrogen and oxygen atoms in total. The van der Waals surface area contributed by atoms with Crippen LogP contribution in [0.3, 0.4) is 0 Å². The smallest absolute Gasteiger partial charge is 0.303 e. The summed E-state index contributed by atoms with van der Waals surface area (Å²) in [5.74, 6) is 0.486. The van der Waals surface area contributed by atoms with Gasteiger partial charge in [0.2, 0.25) is 0 Å². The van der Waals surface area contributed by atoms with E-state index in [1.54, 1.807) is 0 Å². The molecule has 1 unspecified atom stereocenters. The van der Waals surface area contributed by atoms with Crippen LogP contribution >= 0.6 is 11.6 Å². The van der Waals surface area contributed by atoms with Crippen LogP contribution in [-0.4, -0.2) is 30.3 Å². The Morgan fingerprint density at radius 2 is 1.93 bits per heavy atom. The number of hydrogen-bond donors (Lipinski definition) is 2. The molecule has 0 aliphatic carbocycles. The Kier molecular flexibility index (Phi) is 6.96. The maximum atomic E-state index is 11.0. The highest BCUT2D eigenvalue weighted by atomic mass is 35.5. The third kappa shape index (κ3) is 5.88. The molecule has 0 saturated heterocycles. The van der Waals surface area contributed by atoms with Gasteiger partial charge in [-0.25, -0.2) is 0 Å². The van der Waals surface area contributed by atoms with E-state index in [4.69, 9.17) is 26.2 Å². The second kappa shape index (κ2) is 9.62. The molecule has 2 aromatic carbocycles. The quantitative estimate of drug-likeness (QED) is 0.712. The molecule has 1 aliphatic rings. The van der Waals surface area contributed by atoms with Crippen LogP contribution < -0.4 is 14.8 Å². The molecule has 1 heterocycles. The van der Waals surface area contributed by atoms with Crippen LogP contribution in [0, 0.1) is 0 Å². The highest BCUT2D eigenvalue weighted by molar-refractivity contribution is 6.32. The van der Waals surface area contributed by atoms with Crippen molar-refractivity contribution < 1.29 is 19.4 Å². The van der Waals surface area contributed by atoms with Crippen molar-refractivity contribution in [2.24, 2.45) is 0 Å². The van der Waals surface area contributed by atoms with Crippen molar-refractivity contribution >= 4 is 17.6 Å². The van der Waals surface area contributed by atoms with Crippen LogP contribution in [0.1, 0.15) is 30.4 Å². The largest absolute Gasteiger partial charge is 0.489 e. The van der Waals surface area contributed by atoms with Gasteiger partial charge in [0.25, 0.3) is 0 Å². The number of benzene rings is 2. The van der Waals surface area contributed by atoms with Gasteiger partial charge in [-0.3, -0.25) is 4.79 Å². The lowest BCUT2D eigenvalue weighted by Gasteiger charge is -2.19. The number of ether oxygens (including phenoxy) is 2. The lowest BCUT2D eigenvalue weighted by atomic mass is 10.0. The lowest BCUT2D eigenvalue weighted by Crippen LogP contribution is -2.31. The van der Waals surface area contributed by atoms with E-state index in [-0.39, 0.29) is 12.5 Å². The van der Waals surface area contributed by atoms with E-state index in [0.717, 1.165) is 18.4 Å². The Morgan fingerprint density at radius 3 is 2.70 bits per heavy atom. The Bertz CT molecular complexity index is 766. The molecule has 1 atom stereocenters. The van der Waals surface area contributed by atoms with Gasteiger partial charge in [0, 0.05) is 25.4 Å². The number of carboxylic acids is 1. The first kappa shape index (κ1) is 19.5. The highest BCUT2D eigenvalue weighted by Crippen LogP contribution is 2.38. The van der Waals surface area contributed by atoms with Gasteiger partial charge in [0.05, 0.1) is 18.2 Å². The minimum Gasteiger partial charge on any atom is -0.489 e. The number of carboxylic acid groups (broad SMARTS) is 1. The van der Waals surface area contributed by atoms with E-state index in [1.165, 1.54) is 5.56 Å². The molecule has 2 N–H and O–H groups in total. The minimum absolute atomic E-state index is 0.0539. The summed E-state index contributed by atoms with van der Waals surface area (Å²) >= 11 is 6.36. The van der Waals surface area contributed by atoms with Gasteiger partial charge in [-0.05, 0) is 36.1 Å². The number of rotatable bonds is 8. The molecule has 0 radical (unpaired) electrons. The van der Waals surface area contributed by atoms with Crippen molar-refractivity contribution in [3.8, 4) is 11.5 Å². The molecule has 1 aliphatic heterocycles. The lowest BCUT2D eigenvalue weighted by molar-refractivity contribution is -0.137. The molecule has 0 bridgehead atoms. The molecule has 6 heteroatoms. The molecular weight excluding hydrogens is 366 g/mol. The van der Waals surface area contributed by atoms with Crippen LogP contribution in [0.4, 0.5) is 0 Å². The van der Waals surface area contributed by atoms with E-state index < -0.39 is 5.97 Å². The molecule has 0 amide bonds. The first-order valence-corrected chi connectivity index (χ1v) is 9.57. The van der Waals surface area contributed by atoms with E-state index in [0.29, 0.717) is 42.7 Å². The topological polar surface area (TPSA) is 67.8 Å². The fraction of sp³-hybridized carbons (Fsp3) is 0.381. The first-order valence-electron chi connectivity index (χ1n) is 9.19. The van der Waals surface area contributed by atoms with Crippen LogP contribution in [0.15, 0.2) is 42.5 Å². The molecule has 0 saturated carbocycles. The van der Waals surface area contributed by atoms with Gasteiger partial charge < -0.3 is 19.9 Å². The van der Waals surface area contributed by atoms with Crippen LogP contribution in [-0.2, 0) is 17.8 Å². The highest BCUT2D eigenvalue weighted by Gasteiger charge is 2.17. The number of fused-ring (bicyclic) bond motifs is 1. The number of aliphatic carboxylic acids is 1. The van der Waals surface area contributed by atoms with Crippen molar-refractivity contribution in [2.45, 2.75) is 38.3 Å². The fourth-order valence-corrected chi connectivity index (χ4v) is 3.41. The first-order chi connectivity index (χ1) is 13.1. The van der Waals surface area contributed by atoms with Crippen LogP contribution in [0.2, 0.25) is 5.02 Å². The third-order valence-electron chi connectivity index (χ3n) is 4.49. The van der Waals surface area contributed by atoms with Crippen molar-refractivity contribution in [1.29, 1.82) is 0 Å². The Balaban J connectivity index is 1.67. The Morgan fingerprint density at radius 1 is 1.15 bits per heavy atom. The second-order valence-corrected chi connectivity index (χ2v) is 7.06. The number of carbonyl (C=O) groups is 1. The van der Waals surface area contributed by atoms with Gasteiger partial charge in [-0.2, -0.15) is 0 Å². The predicted molar refractivity (Wildman–Crippen MR) is 105 cm³/mol. The summed E-state index contributed by atoms with van der Waals surface area (Å²) in [6, 6.07) is 13.9. The Labute approximate surface area is 164 Å². The maximum Gasteiger partial charge on any atom is 0.303 e. The van der Waals surface area contributed by atoms with Crippen molar-refractivity contribution in [3.05, 3.63) is 58.6 Å². The standard InChI is InChI=1S/C21H24ClNO4/c22-18-12-16(13-19-21(18)27-10-4-9-26-19)14-23-17(7-8-20(24)25)11-15-5-2-1-3-6-15/h1-3,5-6,12-13,17,23H,4,7-11,14H2,(H,24,25). The molecule has 144 valence electrons. The number of halogens is 1. The van der Waals surface area contributed by atoms with E-state index in [9.17, 15) is 4.79 Å². The fourth-order valence-electron chi connectivity index (χ4n) is 3.12. The van der Waals surface area contributed by atoms with E-state index >= 15 is 0 Å². The summed E-state index contributed by atoms with van der Waals surface area (Å²) in [6.07, 6.45) is 2.29. The summed E-state index contributed by atoms with van der Waals surface area (Å²) < 4.78 is 11.4. The summed E-state index contributed by atoms with van der Waals surface area (Å²) in [5, 5.41) is 13.0. The molecule has 3 rings (SSSR count). The summed E-state index contributed by atoms with van der Waals surface area (Å²) in [4.78, 5) is 11.0. The molecule has 2 aromatic rings. The van der Waals surface area contributed by atoms with E-state index in [2.05, 4.69) is 17.4 Å². The van der Waals surface area contributed by atoms with Gasteiger partial charge in [0.15, 0.2) is 11.5 Å². The average Bonchev–Trinajstić information content (AvgIpc) is 2.90. The molecule has 0 spiro atoms. The van der Waals surface area contributed by atoms with Crippen LogP contribution in [0.25, 0.3) is 0 Å². The van der Waals surface area contributed by atoms with Crippen molar-refractivity contribution in [2.75, 3.05) is 13.2 Å². The zero-order valence-corrected chi connectivity index (χ0v) is 15.9. The number of hydrogen-bond acceptors (Lipinski definition) is 4. The zero-order chi connectivity index (χ0) is 19.1. The molecular formula is C21H24ClNO4.